The van der Waals surface area contributed by atoms with Gasteiger partial charge in [0, 0.05) is 18.0 Å². The van der Waals surface area contributed by atoms with E-state index in [0.717, 1.165) is 12.1 Å². The normalized spacial score (nSPS) is 12.4. The lowest BCUT2D eigenvalue weighted by molar-refractivity contribution is 0.0972. The molecule has 2 heteroatoms. The second-order valence-electron chi connectivity index (χ2n) is 3.45. The second-order valence-corrected chi connectivity index (χ2v) is 3.45. The molecule has 76 valence electrons. The van der Waals surface area contributed by atoms with Gasteiger partial charge in [-0.1, -0.05) is 37.3 Å². The van der Waals surface area contributed by atoms with Crippen LogP contribution >= 0.6 is 0 Å². The minimum atomic E-state index is 0.207. The van der Waals surface area contributed by atoms with Crippen LogP contribution in [0.5, 0.6) is 0 Å². The Bertz CT molecular complexity index is 282. The van der Waals surface area contributed by atoms with Crippen molar-refractivity contribution in [3.8, 4) is 0 Å². The number of Topliss-reactive ketones (excluding diaryl/α,β-unsaturated/α-hetero) is 1. The fraction of sp³-hybridized carbons (Fsp3) is 0.417. The highest BCUT2D eigenvalue weighted by Gasteiger charge is 2.09. The van der Waals surface area contributed by atoms with Gasteiger partial charge in [-0.25, -0.2) is 0 Å². The molecular weight excluding hydrogens is 174 g/mol. The summed E-state index contributed by atoms with van der Waals surface area (Å²) in [7, 11) is 0. The number of rotatable bonds is 5. The van der Waals surface area contributed by atoms with Crippen LogP contribution in [-0.4, -0.2) is 18.4 Å². The highest BCUT2D eigenvalue weighted by molar-refractivity contribution is 5.96. The lowest BCUT2D eigenvalue weighted by atomic mass is 10.0. The molecule has 0 amide bonds. The number of carbonyl (C=O) groups is 1. The summed E-state index contributed by atoms with van der Waals surface area (Å²) in [6.45, 7) is 4.98. The van der Waals surface area contributed by atoms with Gasteiger partial charge in [0.25, 0.3) is 0 Å². The predicted octanol–water partition coefficient (Wildman–Crippen LogP) is 2.26. The van der Waals surface area contributed by atoms with E-state index in [9.17, 15) is 4.79 Å². The molecule has 1 atom stereocenters. The van der Waals surface area contributed by atoms with Crippen LogP contribution in [0.15, 0.2) is 30.3 Å². The standard InChI is InChI=1S/C12H17NO/c1-3-13-10(2)9-12(14)11-7-5-4-6-8-11/h4-8,10,13H,3,9H2,1-2H3. The van der Waals surface area contributed by atoms with E-state index in [4.69, 9.17) is 0 Å². The average Bonchev–Trinajstić information content (AvgIpc) is 2.19. The molecule has 14 heavy (non-hydrogen) atoms. The molecule has 0 aliphatic heterocycles. The van der Waals surface area contributed by atoms with E-state index < -0.39 is 0 Å². The Morgan fingerprint density at radius 3 is 2.57 bits per heavy atom. The smallest absolute Gasteiger partial charge is 0.164 e. The van der Waals surface area contributed by atoms with Crippen molar-refractivity contribution in [2.45, 2.75) is 26.3 Å². The number of hydrogen-bond donors (Lipinski definition) is 1. The molecule has 1 N–H and O–H groups in total. The monoisotopic (exact) mass is 191 g/mol. The van der Waals surface area contributed by atoms with Gasteiger partial charge in [0.05, 0.1) is 0 Å². The van der Waals surface area contributed by atoms with Gasteiger partial charge in [-0.3, -0.25) is 4.79 Å². The zero-order valence-electron chi connectivity index (χ0n) is 8.79. The number of benzene rings is 1. The SMILES string of the molecule is CCNC(C)CC(=O)c1ccccc1. The van der Waals surface area contributed by atoms with Crippen LogP contribution in [0.3, 0.4) is 0 Å². The highest BCUT2D eigenvalue weighted by Crippen LogP contribution is 2.04. The van der Waals surface area contributed by atoms with E-state index in [1.165, 1.54) is 0 Å². The van der Waals surface area contributed by atoms with E-state index >= 15 is 0 Å². The van der Waals surface area contributed by atoms with E-state index in [-0.39, 0.29) is 11.8 Å². The maximum atomic E-state index is 11.7. The molecular formula is C12H17NO. The van der Waals surface area contributed by atoms with Crippen molar-refractivity contribution in [3.63, 3.8) is 0 Å². The van der Waals surface area contributed by atoms with Gasteiger partial charge < -0.3 is 5.32 Å². The topological polar surface area (TPSA) is 29.1 Å². The molecule has 0 radical (unpaired) electrons. The molecule has 0 saturated heterocycles. The largest absolute Gasteiger partial charge is 0.314 e. The van der Waals surface area contributed by atoms with Crippen molar-refractivity contribution in [1.29, 1.82) is 0 Å². The number of ketones is 1. The first kappa shape index (κ1) is 10.9. The quantitative estimate of drug-likeness (QED) is 0.723. The summed E-state index contributed by atoms with van der Waals surface area (Å²) in [4.78, 5) is 11.7. The first-order valence-corrected chi connectivity index (χ1v) is 5.05. The van der Waals surface area contributed by atoms with Crippen LogP contribution in [0.1, 0.15) is 30.6 Å². The van der Waals surface area contributed by atoms with Crippen LogP contribution in [0.25, 0.3) is 0 Å². The summed E-state index contributed by atoms with van der Waals surface area (Å²) < 4.78 is 0. The molecule has 1 aromatic rings. The van der Waals surface area contributed by atoms with Gasteiger partial charge in [0.15, 0.2) is 5.78 Å². The first-order valence-electron chi connectivity index (χ1n) is 5.05. The molecule has 0 heterocycles. The zero-order chi connectivity index (χ0) is 10.4. The van der Waals surface area contributed by atoms with Gasteiger partial charge in [0.2, 0.25) is 0 Å². The summed E-state index contributed by atoms with van der Waals surface area (Å²) in [6.07, 6.45) is 0.567. The molecule has 0 spiro atoms. The van der Waals surface area contributed by atoms with E-state index in [0.29, 0.717) is 6.42 Å². The lowest BCUT2D eigenvalue weighted by Gasteiger charge is -2.10. The van der Waals surface area contributed by atoms with Crippen molar-refractivity contribution >= 4 is 5.78 Å². The molecule has 0 bridgehead atoms. The summed E-state index contributed by atoms with van der Waals surface area (Å²) in [5.74, 6) is 0.207. The fourth-order valence-electron chi connectivity index (χ4n) is 1.44. The number of nitrogens with one attached hydrogen (secondary N) is 1. The molecule has 0 fully saturated rings. The Morgan fingerprint density at radius 2 is 2.00 bits per heavy atom. The molecule has 2 nitrogen and oxygen atoms in total. The minimum absolute atomic E-state index is 0.207. The summed E-state index contributed by atoms with van der Waals surface area (Å²) >= 11 is 0. The van der Waals surface area contributed by atoms with Gasteiger partial charge in [-0.2, -0.15) is 0 Å². The maximum Gasteiger partial charge on any atom is 0.164 e. The number of carbonyl (C=O) groups excluding carboxylic acids is 1. The maximum absolute atomic E-state index is 11.7. The summed E-state index contributed by atoms with van der Waals surface area (Å²) in [5.41, 5.74) is 0.803. The van der Waals surface area contributed by atoms with Crippen molar-refractivity contribution in [1.82, 2.24) is 5.32 Å². The Morgan fingerprint density at radius 1 is 1.36 bits per heavy atom. The van der Waals surface area contributed by atoms with Gasteiger partial charge in [0.1, 0.15) is 0 Å². The predicted molar refractivity (Wildman–Crippen MR) is 58.5 cm³/mol. The molecule has 1 rings (SSSR count). The van der Waals surface area contributed by atoms with E-state index in [1.54, 1.807) is 0 Å². The van der Waals surface area contributed by atoms with Crippen LogP contribution in [0.4, 0.5) is 0 Å². The van der Waals surface area contributed by atoms with Crippen molar-refractivity contribution in [2.24, 2.45) is 0 Å². The molecule has 0 aliphatic carbocycles. The summed E-state index contributed by atoms with van der Waals surface area (Å²) in [6, 6.07) is 9.69. The van der Waals surface area contributed by atoms with Crippen molar-refractivity contribution < 1.29 is 4.79 Å². The number of hydrogen-bond acceptors (Lipinski definition) is 2. The van der Waals surface area contributed by atoms with Gasteiger partial charge >= 0.3 is 0 Å². The zero-order valence-corrected chi connectivity index (χ0v) is 8.79. The third kappa shape index (κ3) is 3.30. The van der Waals surface area contributed by atoms with E-state index in [2.05, 4.69) is 5.32 Å². The Kier molecular flexibility index (Phi) is 4.33. The molecule has 0 aromatic heterocycles. The third-order valence-corrected chi connectivity index (χ3v) is 2.14. The van der Waals surface area contributed by atoms with E-state index in [1.807, 2.05) is 44.2 Å². The molecule has 0 aliphatic rings. The third-order valence-electron chi connectivity index (χ3n) is 2.14. The molecule has 1 aromatic carbocycles. The van der Waals surface area contributed by atoms with Crippen molar-refractivity contribution in [3.05, 3.63) is 35.9 Å². The average molecular weight is 191 g/mol. The summed E-state index contributed by atoms with van der Waals surface area (Å²) in [5, 5.41) is 3.23. The van der Waals surface area contributed by atoms with Crippen LogP contribution < -0.4 is 5.32 Å². The second kappa shape index (κ2) is 5.55. The molecule has 0 saturated carbocycles. The molecule has 1 unspecified atom stereocenters. The minimum Gasteiger partial charge on any atom is -0.314 e. The fourth-order valence-corrected chi connectivity index (χ4v) is 1.44. The van der Waals surface area contributed by atoms with Crippen molar-refractivity contribution in [2.75, 3.05) is 6.54 Å². The van der Waals surface area contributed by atoms with Gasteiger partial charge in [-0.05, 0) is 13.5 Å². The highest BCUT2D eigenvalue weighted by atomic mass is 16.1. The van der Waals surface area contributed by atoms with Gasteiger partial charge in [-0.15, -0.1) is 0 Å². The van der Waals surface area contributed by atoms with Crippen LogP contribution in [-0.2, 0) is 0 Å². The Balaban J connectivity index is 2.51. The lowest BCUT2D eigenvalue weighted by Crippen LogP contribution is -2.28. The Hall–Kier alpha value is -1.15. The first-order chi connectivity index (χ1) is 6.74. The van der Waals surface area contributed by atoms with Crippen LogP contribution in [0, 0.1) is 0 Å². The Labute approximate surface area is 85.3 Å². The van der Waals surface area contributed by atoms with Crippen LogP contribution in [0.2, 0.25) is 0 Å².